The summed E-state index contributed by atoms with van der Waals surface area (Å²) >= 11 is 0. The minimum atomic E-state index is 0.481. The molecule has 3 rings (SSSR count). The van der Waals surface area contributed by atoms with Crippen LogP contribution in [-0.4, -0.2) is 17.5 Å². The Hall–Kier alpha value is -2.59. The highest BCUT2D eigenvalue weighted by molar-refractivity contribution is 6.14. The van der Waals surface area contributed by atoms with Crippen molar-refractivity contribution in [2.75, 3.05) is 6.61 Å². The third-order valence-electron chi connectivity index (χ3n) is 4.24. The van der Waals surface area contributed by atoms with Crippen molar-refractivity contribution in [3.05, 3.63) is 83.1 Å². The van der Waals surface area contributed by atoms with Gasteiger partial charge in [-0.15, -0.1) is 0 Å². The van der Waals surface area contributed by atoms with Crippen LogP contribution in [0, 0.1) is 0 Å². The minimum Gasteiger partial charge on any atom is -0.395 e. The molecule has 0 saturated heterocycles. The molecule has 0 saturated carbocycles. The van der Waals surface area contributed by atoms with E-state index in [0.29, 0.717) is 18.7 Å². The van der Waals surface area contributed by atoms with E-state index in [1.807, 2.05) is 12.1 Å². The zero-order valence-corrected chi connectivity index (χ0v) is 13.7. The van der Waals surface area contributed by atoms with E-state index in [0.717, 1.165) is 36.1 Å². The molecular weight excluding hydrogens is 300 g/mol. The van der Waals surface area contributed by atoms with Crippen LogP contribution in [0.15, 0.2) is 66.0 Å². The molecule has 0 fully saturated rings. The van der Waals surface area contributed by atoms with Crippen molar-refractivity contribution in [3.8, 4) is 0 Å². The zero-order valence-electron chi connectivity index (χ0n) is 13.7. The smallest absolute Gasteiger partial charge is 0.117 e. The number of oxime groups is 1. The number of hydrogen-bond acceptors (Lipinski definition) is 4. The maximum Gasteiger partial charge on any atom is 0.117 e. The third-order valence-corrected chi connectivity index (χ3v) is 4.24. The lowest BCUT2D eigenvalue weighted by molar-refractivity contribution is 0.138. The Morgan fingerprint density at radius 1 is 1.04 bits per heavy atom. The van der Waals surface area contributed by atoms with Gasteiger partial charge >= 0.3 is 0 Å². The molecule has 0 heterocycles. The Bertz CT molecular complexity index is 703. The predicted octanol–water partition coefficient (Wildman–Crippen LogP) is 3.83. The Morgan fingerprint density at radius 3 is 2.21 bits per heavy atom. The average molecular weight is 322 g/mol. The summed E-state index contributed by atoms with van der Waals surface area (Å²) in [5.74, 6) is 0. The molecular formula is C20H22N2O2. The number of benzene rings is 2. The van der Waals surface area contributed by atoms with Gasteiger partial charge in [0.25, 0.3) is 0 Å². The molecule has 0 aromatic heterocycles. The molecule has 4 nitrogen and oxygen atoms in total. The van der Waals surface area contributed by atoms with Gasteiger partial charge in [0.1, 0.15) is 12.3 Å². The molecule has 4 heteroatoms. The fourth-order valence-corrected chi connectivity index (χ4v) is 2.97. The Balaban J connectivity index is 1.82. The standard InChI is InChI=1S/C20H22N2O2/c1-15(21-23)7-6-14-24-22-20-18-10-4-2-8-16(18)12-13-17-9-3-5-11-19(17)20/h2-5,8-11,21,23H,1,6-7,12-14H2. The Morgan fingerprint density at radius 2 is 1.62 bits per heavy atom. The molecule has 0 aliphatic heterocycles. The summed E-state index contributed by atoms with van der Waals surface area (Å²) in [4.78, 5) is 5.57. The number of fused-ring (bicyclic) bond motifs is 2. The zero-order chi connectivity index (χ0) is 16.8. The number of nitrogens with zero attached hydrogens (tertiary/aromatic N) is 1. The largest absolute Gasteiger partial charge is 0.395 e. The van der Waals surface area contributed by atoms with Crippen LogP contribution in [0.5, 0.6) is 0 Å². The highest BCUT2D eigenvalue weighted by Gasteiger charge is 2.19. The lowest BCUT2D eigenvalue weighted by atomic mass is 9.98. The first-order valence-corrected chi connectivity index (χ1v) is 8.24. The number of nitrogens with one attached hydrogen (secondary N) is 1. The fraction of sp³-hybridized carbons (Fsp3) is 0.250. The average Bonchev–Trinajstić information content (AvgIpc) is 2.78. The van der Waals surface area contributed by atoms with Crippen LogP contribution < -0.4 is 5.48 Å². The molecule has 2 aromatic rings. The fourth-order valence-electron chi connectivity index (χ4n) is 2.97. The molecule has 0 radical (unpaired) electrons. The first kappa shape index (κ1) is 16.3. The van der Waals surface area contributed by atoms with Crippen LogP contribution in [0.4, 0.5) is 0 Å². The molecule has 24 heavy (non-hydrogen) atoms. The second-order valence-corrected chi connectivity index (χ2v) is 5.91. The van der Waals surface area contributed by atoms with Gasteiger partial charge in [-0.05, 0) is 36.8 Å². The van der Waals surface area contributed by atoms with Crippen LogP contribution in [0.3, 0.4) is 0 Å². The molecule has 2 N–H and O–H groups in total. The minimum absolute atomic E-state index is 0.481. The Kier molecular flexibility index (Phi) is 5.29. The lowest BCUT2D eigenvalue weighted by Crippen LogP contribution is -2.08. The summed E-state index contributed by atoms with van der Waals surface area (Å²) in [6.45, 7) is 4.16. The molecule has 0 unspecified atom stereocenters. The van der Waals surface area contributed by atoms with E-state index in [-0.39, 0.29) is 0 Å². The molecule has 124 valence electrons. The van der Waals surface area contributed by atoms with Crippen LogP contribution in [-0.2, 0) is 17.7 Å². The van der Waals surface area contributed by atoms with Crippen LogP contribution in [0.25, 0.3) is 0 Å². The molecule has 0 spiro atoms. The summed E-state index contributed by atoms with van der Waals surface area (Å²) in [6.07, 6.45) is 3.41. The van der Waals surface area contributed by atoms with Gasteiger partial charge in [-0.1, -0.05) is 60.3 Å². The summed E-state index contributed by atoms with van der Waals surface area (Å²) in [6, 6.07) is 16.8. The molecule has 1 aliphatic carbocycles. The van der Waals surface area contributed by atoms with Crippen molar-refractivity contribution in [1.82, 2.24) is 5.48 Å². The maximum atomic E-state index is 8.73. The summed E-state index contributed by atoms with van der Waals surface area (Å²) in [5, 5.41) is 13.2. The molecule has 1 aliphatic rings. The summed E-state index contributed by atoms with van der Waals surface area (Å²) in [7, 11) is 0. The van der Waals surface area contributed by atoms with Gasteiger partial charge < -0.3 is 4.84 Å². The van der Waals surface area contributed by atoms with Gasteiger partial charge in [-0.25, -0.2) is 0 Å². The van der Waals surface area contributed by atoms with Gasteiger partial charge in [0, 0.05) is 16.8 Å². The van der Waals surface area contributed by atoms with E-state index >= 15 is 0 Å². The van der Waals surface area contributed by atoms with Crippen molar-refractivity contribution >= 4 is 5.71 Å². The highest BCUT2D eigenvalue weighted by atomic mass is 16.6. The van der Waals surface area contributed by atoms with Crippen molar-refractivity contribution in [2.24, 2.45) is 5.16 Å². The lowest BCUT2D eigenvalue weighted by Gasteiger charge is -2.10. The maximum absolute atomic E-state index is 8.73. The normalized spacial score (nSPS) is 12.6. The second kappa shape index (κ2) is 7.79. The van der Waals surface area contributed by atoms with Gasteiger partial charge in [0.2, 0.25) is 0 Å². The summed E-state index contributed by atoms with van der Waals surface area (Å²) in [5.41, 5.74) is 8.42. The van der Waals surface area contributed by atoms with E-state index in [1.54, 1.807) is 0 Å². The third kappa shape index (κ3) is 3.66. The first-order valence-electron chi connectivity index (χ1n) is 8.24. The van der Waals surface area contributed by atoms with Crippen LogP contribution in [0.1, 0.15) is 35.1 Å². The number of rotatable bonds is 6. The van der Waals surface area contributed by atoms with E-state index in [4.69, 9.17) is 10.0 Å². The highest BCUT2D eigenvalue weighted by Crippen LogP contribution is 2.25. The van der Waals surface area contributed by atoms with Crippen LogP contribution in [0.2, 0.25) is 0 Å². The Labute approximate surface area is 142 Å². The first-order chi connectivity index (χ1) is 11.8. The summed E-state index contributed by atoms with van der Waals surface area (Å²) < 4.78 is 0. The van der Waals surface area contributed by atoms with E-state index < -0.39 is 0 Å². The quantitative estimate of drug-likeness (QED) is 0.628. The predicted molar refractivity (Wildman–Crippen MR) is 95.2 cm³/mol. The van der Waals surface area contributed by atoms with Crippen molar-refractivity contribution < 1.29 is 10.0 Å². The van der Waals surface area contributed by atoms with Gasteiger partial charge in [-0.2, -0.15) is 0 Å². The van der Waals surface area contributed by atoms with E-state index in [9.17, 15) is 0 Å². The van der Waals surface area contributed by atoms with E-state index in [2.05, 4.69) is 53.6 Å². The van der Waals surface area contributed by atoms with Crippen LogP contribution >= 0.6 is 0 Å². The van der Waals surface area contributed by atoms with Gasteiger partial charge in [0.15, 0.2) is 0 Å². The van der Waals surface area contributed by atoms with Crippen molar-refractivity contribution in [1.29, 1.82) is 0 Å². The van der Waals surface area contributed by atoms with Gasteiger partial charge in [-0.3, -0.25) is 10.7 Å². The van der Waals surface area contributed by atoms with Crippen molar-refractivity contribution in [3.63, 3.8) is 0 Å². The van der Waals surface area contributed by atoms with Gasteiger partial charge in [0.05, 0.1) is 0 Å². The number of hydrogen-bond donors (Lipinski definition) is 2. The topological polar surface area (TPSA) is 53.8 Å². The monoisotopic (exact) mass is 322 g/mol. The molecule has 0 amide bonds. The molecule has 0 atom stereocenters. The number of hydroxylamine groups is 1. The number of allylic oxidation sites excluding steroid dienone is 1. The number of aryl methyl sites for hydroxylation is 2. The van der Waals surface area contributed by atoms with Crippen molar-refractivity contribution in [2.45, 2.75) is 25.7 Å². The second-order valence-electron chi connectivity index (χ2n) is 5.91. The van der Waals surface area contributed by atoms with E-state index in [1.165, 1.54) is 11.1 Å². The molecule has 0 bridgehead atoms. The SMILES string of the molecule is C=C(CCCON=C1c2ccccc2CCc2ccccc21)NO. The molecule has 2 aromatic carbocycles.